The highest BCUT2D eigenvalue weighted by Crippen LogP contribution is 2.23. The van der Waals surface area contributed by atoms with Crippen LogP contribution in [0.25, 0.3) is 0 Å². The van der Waals surface area contributed by atoms with Crippen molar-refractivity contribution in [2.24, 2.45) is 7.05 Å². The first-order chi connectivity index (χ1) is 13.4. The number of carbonyl (C=O) groups excluding carboxylic acids is 1. The van der Waals surface area contributed by atoms with Gasteiger partial charge in [-0.25, -0.2) is 0 Å². The number of amides is 1. The third kappa shape index (κ3) is 4.92. The number of thioether (sulfide) groups is 1. The van der Waals surface area contributed by atoms with Crippen LogP contribution in [0.1, 0.15) is 22.5 Å². The van der Waals surface area contributed by atoms with E-state index in [1.54, 1.807) is 0 Å². The normalized spacial score (nSPS) is 10.7. The van der Waals surface area contributed by atoms with E-state index < -0.39 is 0 Å². The third-order valence-electron chi connectivity index (χ3n) is 4.31. The van der Waals surface area contributed by atoms with Crippen molar-refractivity contribution < 1.29 is 9.53 Å². The SMILES string of the molecule is Cc1cc(C)c(NC(=O)CSc2nnc(COc3ccccc3)n2C)c(C)c1. The Morgan fingerprint density at radius 1 is 1.11 bits per heavy atom. The van der Waals surface area contributed by atoms with Crippen molar-refractivity contribution in [2.75, 3.05) is 11.1 Å². The van der Waals surface area contributed by atoms with E-state index >= 15 is 0 Å². The first-order valence-electron chi connectivity index (χ1n) is 9.00. The standard InChI is InChI=1S/C21H24N4O2S/c1-14-10-15(2)20(16(3)11-14)22-19(26)13-28-21-24-23-18(25(21)4)12-27-17-8-6-5-7-9-17/h5-11H,12-13H2,1-4H3,(H,22,26). The van der Waals surface area contributed by atoms with Gasteiger partial charge in [-0.15, -0.1) is 10.2 Å². The molecule has 0 saturated carbocycles. The minimum Gasteiger partial charge on any atom is -0.486 e. The van der Waals surface area contributed by atoms with Gasteiger partial charge < -0.3 is 14.6 Å². The van der Waals surface area contributed by atoms with Crippen LogP contribution in [0.15, 0.2) is 47.6 Å². The summed E-state index contributed by atoms with van der Waals surface area (Å²) in [6, 6.07) is 13.7. The molecule has 0 unspecified atom stereocenters. The predicted octanol–water partition coefficient (Wildman–Crippen LogP) is 4.05. The van der Waals surface area contributed by atoms with Crippen LogP contribution in [-0.2, 0) is 18.4 Å². The Morgan fingerprint density at radius 2 is 1.79 bits per heavy atom. The molecule has 7 heteroatoms. The number of nitrogens with zero attached hydrogens (tertiary/aromatic N) is 3. The lowest BCUT2D eigenvalue weighted by Crippen LogP contribution is -2.16. The monoisotopic (exact) mass is 396 g/mol. The van der Waals surface area contributed by atoms with Crippen LogP contribution >= 0.6 is 11.8 Å². The summed E-state index contributed by atoms with van der Waals surface area (Å²) >= 11 is 1.35. The van der Waals surface area contributed by atoms with Crippen molar-refractivity contribution in [3.8, 4) is 5.75 Å². The van der Waals surface area contributed by atoms with Crippen LogP contribution < -0.4 is 10.1 Å². The fourth-order valence-corrected chi connectivity index (χ4v) is 3.67. The van der Waals surface area contributed by atoms with E-state index in [1.807, 2.05) is 55.8 Å². The van der Waals surface area contributed by atoms with E-state index in [0.717, 1.165) is 22.6 Å². The Bertz CT molecular complexity index is 947. The summed E-state index contributed by atoms with van der Waals surface area (Å²) in [4.78, 5) is 12.4. The smallest absolute Gasteiger partial charge is 0.234 e. The molecule has 0 aliphatic rings. The van der Waals surface area contributed by atoms with E-state index in [4.69, 9.17) is 4.74 Å². The molecule has 0 radical (unpaired) electrons. The zero-order chi connectivity index (χ0) is 20.1. The maximum atomic E-state index is 12.4. The number of ether oxygens (including phenoxy) is 1. The molecule has 1 amide bonds. The second-order valence-electron chi connectivity index (χ2n) is 6.67. The number of anilines is 1. The molecular weight excluding hydrogens is 372 g/mol. The summed E-state index contributed by atoms with van der Waals surface area (Å²) in [6.07, 6.45) is 0. The van der Waals surface area contributed by atoms with Crippen LogP contribution in [0.5, 0.6) is 5.75 Å². The van der Waals surface area contributed by atoms with E-state index in [0.29, 0.717) is 17.6 Å². The van der Waals surface area contributed by atoms with E-state index in [-0.39, 0.29) is 11.7 Å². The molecule has 3 rings (SSSR count). The number of hydrogen-bond acceptors (Lipinski definition) is 5. The summed E-state index contributed by atoms with van der Waals surface area (Å²) in [7, 11) is 1.87. The molecule has 0 aliphatic heterocycles. The van der Waals surface area contributed by atoms with Gasteiger partial charge in [0.15, 0.2) is 11.0 Å². The number of carbonyl (C=O) groups is 1. The molecule has 28 heavy (non-hydrogen) atoms. The van der Waals surface area contributed by atoms with Crippen LogP contribution in [0.2, 0.25) is 0 Å². The van der Waals surface area contributed by atoms with Crippen LogP contribution in [0.4, 0.5) is 5.69 Å². The lowest BCUT2D eigenvalue weighted by Gasteiger charge is -2.12. The van der Waals surface area contributed by atoms with Gasteiger partial charge in [-0.2, -0.15) is 0 Å². The van der Waals surface area contributed by atoms with Gasteiger partial charge in [0.2, 0.25) is 5.91 Å². The minimum absolute atomic E-state index is 0.0647. The molecule has 6 nitrogen and oxygen atoms in total. The van der Waals surface area contributed by atoms with Gasteiger partial charge in [0, 0.05) is 12.7 Å². The summed E-state index contributed by atoms with van der Waals surface area (Å²) in [5.41, 5.74) is 4.20. The second-order valence-corrected chi connectivity index (χ2v) is 7.61. The van der Waals surface area contributed by atoms with Crippen molar-refractivity contribution in [1.82, 2.24) is 14.8 Å². The zero-order valence-electron chi connectivity index (χ0n) is 16.5. The first kappa shape index (κ1) is 19.9. The second kappa shape index (κ2) is 8.93. The average molecular weight is 397 g/mol. The average Bonchev–Trinajstić information content (AvgIpc) is 3.02. The molecule has 3 aromatic rings. The number of para-hydroxylation sites is 1. The maximum absolute atomic E-state index is 12.4. The van der Waals surface area contributed by atoms with Crippen molar-refractivity contribution in [1.29, 1.82) is 0 Å². The van der Waals surface area contributed by atoms with E-state index in [9.17, 15) is 4.79 Å². The number of hydrogen-bond donors (Lipinski definition) is 1. The van der Waals surface area contributed by atoms with Crippen LogP contribution in [-0.4, -0.2) is 26.4 Å². The Kier molecular flexibility index (Phi) is 6.36. The Hall–Kier alpha value is -2.80. The van der Waals surface area contributed by atoms with E-state index in [2.05, 4.69) is 34.6 Å². The molecule has 2 aromatic carbocycles. The number of benzene rings is 2. The Morgan fingerprint density at radius 3 is 2.46 bits per heavy atom. The molecule has 0 bridgehead atoms. The largest absolute Gasteiger partial charge is 0.486 e. The molecule has 1 heterocycles. The topological polar surface area (TPSA) is 69.0 Å². The zero-order valence-corrected chi connectivity index (χ0v) is 17.3. The fraction of sp³-hybridized carbons (Fsp3) is 0.286. The molecule has 0 atom stereocenters. The molecule has 0 aliphatic carbocycles. The number of aryl methyl sites for hydroxylation is 3. The molecule has 0 fully saturated rings. The number of nitrogens with one attached hydrogen (secondary N) is 1. The summed E-state index contributed by atoms with van der Waals surface area (Å²) in [5.74, 6) is 1.68. The Balaban J connectivity index is 1.56. The number of aromatic nitrogens is 3. The van der Waals surface area contributed by atoms with Crippen LogP contribution in [0, 0.1) is 20.8 Å². The molecular formula is C21H24N4O2S. The minimum atomic E-state index is -0.0647. The van der Waals surface area contributed by atoms with Gasteiger partial charge in [-0.05, 0) is 44.0 Å². The van der Waals surface area contributed by atoms with Crippen molar-refractivity contribution in [3.63, 3.8) is 0 Å². The van der Waals surface area contributed by atoms with Crippen molar-refractivity contribution >= 4 is 23.4 Å². The summed E-state index contributed by atoms with van der Waals surface area (Å²) in [5, 5.41) is 12.0. The van der Waals surface area contributed by atoms with Gasteiger partial charge >= 0.3 is 0 Å². The molecule has 0 spiro atoms. The number of rotatable bonds is 7. The van der Waals surface area contributed by atoms with Gasteiger partial charge in [0.1, 0.15) is 12.4 Å². The maximum Gasteiger partial charge on any atom is 0.234 e. The summed E-state index contributed by atoms with van der Waals surface area (Å²) in [6.45, 7) is 6.38. The van der Waals surface area contributed by atoms with Gasteiger partial charge in [-0.1, -0.05) is 47.7 Å². The molecule has 0 saturated heterocycles. The fourth-order valence-electron chi connectivity index (χ4n) is 2.94. The first-order valence-corrected chi connectivity index (χ1v) is 9.99. The van der Waals surface area contributed by atoms with Gasteiger partial charge in [-0.3, -0.25) is 4.79 Å². The summed E-state index contributed by atoms with van der Waals surface area (Å²) < 4.78 is 7.57. The Labute approximate surface area is 169 Å². The lowest BCUT2D eigenvalue weighted by molar-refractivity contribution is -0.113. The van der Waals surface area contributed by atoms with Gasteiger partial charge in [0.25, 0.3) is 0 Å². The van der Waals surface area contributed by atoms with Crippen LogP contribution in [0.3, 0.4) is 0 Å². The third-order valence-corrected chi connectivity index (χ3v) is 5.33. The van der Waals surface area contributed by atoms with Gasteiger partial charge in [0.05, 0.1) is 5.75 Å². The van der Waals surface area contributed by atoms with Crippen molar-refractivity contribution in [3.05, 3.63) is 65.0 Å². The molecule has 1 aromatic heterocycles. The van der Waals surface area contributed by atoms with E-state index in [1.165, 1.54) is 17.3 Å². The molecule has 146 valence electrons. The lowest BCUT2D eigenvalue weighted by atomic mass is 10.1. The predicted molar refractivity (Wildman–Crippen MR) is 112 cm³/mol. The van der Waals surface area contributed by atoms with Crippen molar-refractivity contribution in [2.45, 2.75) is 32.5 Å². The highest BCUT2D eigenvalue weighted by molar-refractivity contribution is 7.99. The molecule has 1 N–H and O–H groups in total. The quantitative estimate of drug-likeness (QED) is 0.610. The highest BCUT2D eigenvalue weighted by Gasteiger charge is 2.13. The highest BCUT2D eigenvalue weighted by atomic mass is 32.2.